The molecule has 68 valence electrons. The van der Waals surface area contributed by atoms with Crippen LogP contribution in [0.15, 0.2) is 24.3 Å². The van der Waals surface area contributed by atoms with Crippen molar-refractivity contribution in [1.29, 1.82) is 0 Å². The normalized spacial score (nSPS) is 20.2. The minimum atomic E-state index is -0.279. The molecule has 0 aliphatic carbocycles. The van der Waals surface area contributed by atoms with Crippen LogP contribution in [0.2, 0.25) is 0 Å². The maximum absolute atomic E-state index is 11.0. The average Bonchev–Trinajstić information content (AvgIpc) is 2.45. The van der Waals surface area contributed by atoms with Crippen molar-refractivity contribution in [2.24, 2.45) is 0 Å². The number of benzene rings is 1. The summed E-state index contributed by atoms with van der Waals surface area (Å²) in [4.78, 5) is 13.0. The molecule has 1 heterocycles. The highest BCUT2D eigenvalue weighted by Gasteiger charge is 2.30. The van der Waals surface area contributed by atoms with Crippen molar-refractivity contribution in [3.63, 3.8) is 0 Å². The molecule has 0 saturated carbocycles. The molecule has 1 aromatic rings. The second kappa shape index (κ2) is 3.04. The van der Waals surface area contributed by atoms with E-state index < -0.39 is 0 Å². The van der Waals surface area contributed by atoms with Crippen molar-refractivity contribution < 1.29 is 4.79 Å². The summed E-state index contributed by atoms with van der Waals surface area (Å²) in [6, 6.07) is 7.81. The zero-order valence-corrected chi connectivity index (χ0v) is 8.08. The molecule has 0 N–H and O–H groups in total. The average molecular weight is 196 g/mol. The molecule has 1 aromatic carbocycles. The van der Waals surface area contributed by atoms with Crippen LogP contribution in [0.3, 0.4) is 0 Å². The maximum atomic E-state index is 11.0. The van der Waals surface area contributed by atoms with Crippen LogP contribution >= 0.6 is 11.6 Å². The van der Waals surface area contributed by atoms with Gasteiger partial charge in [-0.05, 0) is 23.2 Å². The molecule has 0 aromatic heterocycles. The van der Waals surface area contributed by atoms with Crippen LogP contribution in [0.4, 0.5) is 5.69 Å². The fourth-order valence-corrected chi connectivity index (χ4v) is 2.00. The van der Waals surface area contributed by atoms with E-state index in [9.17, 15) is 4.79 Å². The van der Waals surface area contributed by atoms with Gasteiger partial charge < -0.3 is 4.90 Å². The summed E-state index contributed by atoms with van der Waals surface area (Å²) in [5.41, 5.74) is 2.31. The van der Waals surface area contributed by atoms with Gasteiger partial charge in [0.05, 0.1) is 0 Å². The minimum absolute atomic E-state index is 0.181. The van der Waals surface area contributed by atoms with E-state index in [1.807, 2.05) is 36.2 Å². The number of fused-ring (bicyclic) bond motifs is 1. The van der Waals surface area contributed by atoms with Crippen LogP contribution in [-0.2, 0) is 11.2 Å². The minimum Gasteiger partial charge on any atom is -0.363 e. The molecule has 1 aliphatic rings. The number of hydrogen-bond acceptors (Lipinski definition) is 2. The zero-order valence-electron chi connectivity index (χ0n) is 7.33. The molecule has 1 atom stereocenters. The first kappa shape index (κ1) is 8.57. The predicted octanol–water partition coefficient (Wildman–Crippen LogP) is 1.81. The Morgan fingerprint density at radius 1 is 1.54 bits per heavy atom. The summed E-state index contributed by atoms with van der Waals surface area (Å²) in [6.07, 6.45) is 0.731. The molecule has 13 heavy (non-hydrogen) atoms. The van der Waals surface area contributed by atoms with Crippen molar-refractivity contribution in [3.05, 3.63) is 29.8 Å². The number of carbonyl (C=O) groups is 1. The molecule has 1 unspecified atom stereocenters. The van der Waals surface area contributed by atoms with E-state index in [4.69, 9.17) is 11.6 Å². The number of para-hydroxylation sites is 1. The topological polar surface area (TPSA) is 20.3 Å². The SMILES string of the molecule is CN1c2ccccc2CC1C(=O)Cl. The number of likely N-dealkylation sites (N-methyl/N-ethyl adjacent to an activating group) is 1. The fourth-order valence-electron chi connectivity index (χ4n) is 1.77. The van der Waals surface area contributed by atoms with Crippen LogP contribution in [0.1, 0.15) is 5.56 Å². The lowest BCUT2D eigenvalue weighted by Gasteiger charge is -2.18. The molecule has 3 heteroatoms. The van der Waals surface area contributed by atoms with Gasteiger partial charge in [-0.1, -0.05) is 18.2 Å². The molecule has 0 bridgehead atoms. The molecule has 0 amide bonds. The first-order valence-electron chi connectivity index (χ1n) is 4.20. The number of anilines is 1. The van der Waals surface area contributed by atoms with Gasteiger partial charge in [-0.3, -0.25) is 4.79 Å². The van der Waals surface area contributed by atoms with E-state index in [1.165, 1.54) is 5.56 Å². The van der Waals surface area contributed by atoms with E-state index in [0.717, 1.165) is 12.1 Å². The summed E-state index contributed by atoms with van der Waals surface area (Å²) in [5.74, 6) is 0. The lowest BCUT2D eigenvalue weighted by Crippen LogP contribution is -2.32. The van der Waals surface area contributed by atoms with Gasteiger partial charge in [0.25, 0.3) is 0 Å². The Balaban J connectivity index is 2.38. The Morgan fingerprint density at radius 2 is 2.23 bits per heavy atom. The Morgan fingerprint density at radius 3 is 2.85 bits per heavy atom. The maximum Gasteiger partial charge on any atom is 0.244 e. The van der Waals surface area contributed by atoms with Gasteiger partial charge >= 0.3 is 0 Å². The zero-order chi connectivity index (χ0) is 9.42. The van der Waals surface area contributed by atoms with Crippen molar-refractivity contribution in [1.82, 2.24) is 0 Å². The first-order chi connectivity index (χ1) is 6.20. The molecule has 0 spiro atoms. The number of hydrogen-bond donors (Lipinski definition) is 0. The van der Waals surface area contributed by atoms with Crippen molar-refractivity contribution in [2.45, 2.75) is 12.5 Å². The largest absolute Gasteiger partial charge is 0.363 e. The highest BCUT2D eigenvalue weighted by atomic mass is 35.5. The van der Waals surface area contributed by atoms with Crippen molar-refractivity contribution in [2.75, 3.05) is 11.9 Å². The number of halogens is 1. The summed E-state index contributed by atoms with van der Waals surface area (Å²) >= 11 is 5.49. The summed E-state index contributed by atoms with van der Waals surface area (Å²) in [7, 11) is 1.90. The highest BCUT2D eigenvalue weighted by molar-refractivity contribution is 6.65. The molecular formula is C10H10ClNO. The number of carbonyl (C=O) groups excluding carboxylic acids is 1. The highest BCUT2D eigenvalue weighted by Crippen LogP contribution is 2.31. The number of rotatable bonds is 1. The number of nitrogens with zero attached hydrogens (tertiary/aromatic N) is 1. The van der Waals surface area contributed by atoms with Gasteiger partial charge in [0, 0.05) is 19.2 Å². The van der Waals surface area contributed by atoms with Crippen LogP contribution in [0, 0.1) is 0 Å². The predicted molar refractivity (Wildman–Crippen MR) is 53.2 cm³/mol. The summed E-state index contributed by atoms with van der Waals surface area (Å²) in [6.45, 7) is 0. The van der Waals surface area contributed by atoms with E-state index in [1.54, 1.807) is 0 Å². The van der Waals surface area contributed by atoms with E-state index >= 15 is 0 Å². The van der Waals surface area contributed by atoms with Gasteiger partial charge in [0.15, 0.2) is 0 Å². The van der Waals surface area contributed by atoms with E-state index in [-0.39, 0.29) is 11.3 Å². The Hall–Kier alpha value is -1.02. The lowest BCUT2D eigenvalue weighted by atomic mass is 10.1. The Bertz CT molecular complexity index is 351. The lowest BCUT2D eigenvalue weighted by molar-refractivity contribution is -0.112. The smallest absolute Gasteiger partial charge is 0.244 e. The van der Waals surface area contributed by atoms with Gasteiger partial charge in [0.2, 0.25) is 5.24 Å². The molecule has 2 nitrogen and oxygen atoms in total. The van der Waals surface area contributed by atoms with Crippen molar-refractivity contribution in [3.8, 4) is 0 Å². The third-order valence-electron chi connectivity index (χ3n) is 2.51. The van der Waals surface area contributed by atoms with Gasteiger partial charge in [0.1, 0.15) is 6.04 Å². The molecule has 2 rings (SSSR count). The van der Waals surface area contributed by atoms with Gasteiger partial charge in [-0.2, -0.15) is 0 Å². The van der Waals surface area contributed by atoms with E-state index in [2.05, 4.69) is 0 Å². The summed E-state index contributed by atoms with van der Waals surface area (Å²) < 4.78 is 0. The molecule has 0 fully saturated rings. The standard InChI is InChI=1S/C10H10ClNO/c1-12-8-5-3-2-4-7(8)6-9(12)10(11)13/h2-5,9H,6H2,1H3. The fraction of sp³-hybridized carbons (Fsp3) is 0.300. The molecular weight excluding hydrogens is 186 g/mol. The van der Waals surface area contributed by atoms with Crippen LogP contribution < -0.4 is 4.90 Å². The van der Waals surface area contributed by atoms with Crippen LogP contribution in [-0.4, -0.2) is 18.3 Å². The third kappa shape index (κ3) is 1.31. The monoisotopic (exact) mass is 195 g/mol. The quantitative estimate of drug-likeness (QED) is 0.638. The second-order valence-corrected chi connectivity index (χ2v) is 3.64. The molecule has 0 saturated heterocycles. The second-order valence-electron chi connectivity index (χ2n) is 3.26. The van der Waals surface area contributed by atoms with Gasteiger partial charge in [-0.25, -0.2) is 0 Å². The van der Waals surface area contributed by atoms with Crippen LogP contribution in [0.25, 0.3) is 0 Å². The van der Waals surface area contributed by atoms with Crippen LogP contribution in [0.5, 0.6) is 0 Å². The Kier molecular flexibility index (Phi) is 2.00. The summed E-state index contributed by atoms with van der Waals surface area (Å²) in [5, 5.41) is -0.279. The first-order valence-corrected chi connectivity index (χ1v) is 4.58. The van der Waals surface area contributed by atoms with Crippen molar-refractivity contribution >= 4 is 22.5 Å². The molecule has 0 radical (unpaired) electrons. The third-order valence-corrected chi connectivity index (χ3v) is 2.77. The van der Waals surface area contributed by atoms with E-state index in [0.29, 0.717) is 0 Å². The van der Waals surface area contributed by atoms with Gasteiger partial charge in [-0.15, -0.1) is 0 Å². The Labute approximate surface area is 82.1 Å². The molecule has 1 aliphatic heterocycles.